The maximum atomic E-state index is 14.1. The van der Waals surface area contributed by atoms with E-state index in [1.807, 2.05) is 110 Å². The first-order chi connectivity index (χ1) is 37.3. The fourth-order valence-electron chi connectivity index (χ4n) is 9.07. The lowest BCUT2D eigenvalue weighted by Crippen LogP contribution is -2.52. The molecule has 410 valence electrons. The zero-order chi connectivity index (χ0) is 55.8. The Bertz CT molecular complexity index is 2990. The van der Waals surface area contributed by atoms with Crippen LogP contribution >= 0.6 is 0 Å². The quantitative estimate of drug-likeness (QED) is 0.0271. The Morgan fingerprint density at radius 3 is 1.78 bits per heavy atom. The normalized spacial score (nSPS) is 13.2. The van der Waals surface area contributed by atoms with Gasteiger partial charge in [-0.05, 0) is 136 Å². The lowest BCUT2D eigenvalue weighted by molar-refractivity contribution is -0.158. The predicted octanol–water partition coefficient (Wildman–Crippen LogP) is 10.7. The summed E-state index contributed by atoms with van der Waals surface area (Å²) in [6.45, 7) is 12.8. The van der Waals surface area contributed by atoms with Crippen LogP contribution in [0.5, 0.6) is 5.75 Å². The summed E-state index contributed by atoms with van der Waals surface area (Å²) in [5.74, 6) is -2.04. The van der Waals surface area contributed by atoms with Crippen molar-refractivity contribution in [3.8, 4) is 16.9 Å². The van der Waals surface area contributed by atoms with E-state index in [0.717, 1.165) is 49.7 Å². The zero-order valence-corrected chi connectivity index (χ0v) is 45.7. The molecule has 78 heavy (non-hydrogen) atoms. The number of benzene rings is 6. The van der Waals surface area contributed by atoms with Gasteiger partial charge in [-0.25, -0.2) is 19.2 Å². The first-order valence-electron chi connectivity index (χ1n) is 26.6. The van der Waals surface area contributed by atoms with Crippen LogP contribution in [0, 0.1) is 6.92 Å². The molecule has 1 aliphatic rings. The van der Waals surface area contributed by atoms with E-state index in [-0.39, 0.29) is 51.4 Å². The molecule has 1 aliphatic carbocycles. The number of hydrogen-bond donors (Lipinski definition) is 4. The van der Waals surface area contributed by atoms with Gasteiger partial charge in [0.1, 0.15) is 54.9 Å². The van der Waals surface area contributed by atoms with Crippen LogP contribution in [0.3, 0.4) is 0 Å². The van der Waals surface area contributed by atoms with Crippen molar-refractivity contribution in [1.82, 2.24) is 21.3 Å². The molecule has 6 aromatic carbocycles. The molecule has 0 fully saturated rings. The second kappa shape index (κ2) is 26.7. The van der Waals surface area contributed by atoms with Crippen LogP contribution in [0.4, 0.5) is 9.59 Å². The number of ether oxygens (including phenoxy) is 5. The summed E-state index contributed by atoms with van der Waals surface area (Å²) in [4.78, 5) is 81.3. The van der Waals surface area contributed by atoms with Gasteiger partial charge in [-0.15, -0.1) is 0 Å². The predicted molar refractivity (Wildman–Crippen MR) is 298 cm³/mol. The third-order valence-electron chi connectivity index (χ3n) is 12.9. The Morgan fingerprint density at radius 2 is 1.13 bits per heavy atom. The van der Waals surface area contributed by atoms with Gasteiger partial charge in [0.15, 0.2) is 0 Å². The van der Waals surface area contributed by atoms with E-state index >= 15 is 0 Å². The smallest absolute Gasteiger partial charge is 0.407 e. The average Bonchev–Trinajstić information content (AvgIpc) is 3.86. The molecule has 0 heterocycles. The first-order valence-corrected chi connectivity index (χ1v) is 26.6. The molecule has 4 N–H and O–H groups in total. The van der Waals surface area contributed by atoms with Gasteiger partial charge in [-0.2, -0.15) is 0 Å². The van der Waals surface area contributed by atoms with Gasteiger partial charge in [0, 0.05) is 25.3 Å². The standard InChI is InChI=1S/C63H72N4O11/c1-41-23-25-42(26-24-41)38-74-47-31-28-43(29-32-47)39-75-58(70)53(65-60(72)66-54(59(71)78-63(5,6)7)33-34-56(68)77-62(2,3)4)22-14-15-35-64-57(69)55(37-44-27-30-45-16-8-9-17-46(45)36-44)67-61(73)76-40-52-50-20-12-10-18-48(50)49-19-11-13-21-51(49)52/h8-13,16-21,23-32,36,52-55H,14-15,22,33-35,37-40H2,1-7H3,(H,64,69)(H,67,73)(H2,65,66,72). The molecule has 7 rings (SSSR count). The van der Waals surface area contributed by atoms with E-state index in [9.17, 15) is 28.8 Å². The first kappa shape index (κ1) is 57.5. The van der Waals surface area contributed by atoms with Crippen LogP contribution in [-0.2, 0) is 57.8 Å². The van der Waals surface area contributed by atoms with Gasteiger partial charge in [0.25, 0.3) is 0 Å². The summed E-state index contributed by atoms with van der Waals surface area (Å²) in [6, 6.07) is 40.7. The third-order valence-corrected chi connectivity index (χ3v) is 12.9. The Labute approximate surface area is 457 Å². The van der Waals surface area contributed by atoms with Gasteiger partial charge < -0.3 is 45.0 Å². The Hall–Kier alpha value is -8.20. The molecule has 0 spiro atoms. The molecule has 15 heteroatoms. The largest absolute Gasteiger partial charge is 0.489 e. The number of alkyl carbamates (subject to hydrolysis) is 1. The van der Waals surface area contributed by atoms with E-state index in [0.29, 0.717) is 30.8 Å². The van der Waals surface area contributed by atoms with E-state index in [4.69, 9.17) is 23.7 Å². The van der Waals surface area contributed by atoms with Crippen molar-refractivity contribution in [1.29, 1.82) is 0 Å². The maximum absolute atomic E-state index is 14.1. The van der Waals surface area contributed by atoms with Crippen LogP contribution < -0.4 is 26.0 Å². The lowest BCUT2D eigenvalue weighted by Gasteiger charge is -2.26. The summed E-state index contributed by atoms with van der Waals surface area (Å²) in [6.07, 6.45) is -0.0953. The third kappa shape index (κ3) is 17.4. The molecule has 3 atom stereocenters. The van der Waals surface area contributed by atoms with Gasteiger partial charge in [0.2, 0.25) is 5.91 Å². The number of amides is 4. The van der Waals surface area contributed by atoms with Gasteiger partial charge in [-0.3, -0.25) is 9.59 Å². The van der Waals surface area contributed by atoms with Gasteiger partial charge >= 0.3 is 30.0 Å². The SMILES string of the molecule is Cc1ccc(COc2ccc(COC(=O)C(CCCCNC(=O)C(Cc3ccc4ccccc4c3)NC(=O)OCC3c4ccccc4-c4ccccc43)NC(=O)NC(CCC(=O)OC(C)(C)C)C(=O)OC(C)(C)C)cc2)cc1. The van der Waals surface area contributed by atoms with Gasteiger partial charge in [-0.1, -0.05) is 133 Å². The molecule has 0 aliphatic heterocycles. The summed E-state index contributed by atoms with van der Waals surface area (Å²) >= 11 is 0. The van der Waals surface area contributed by atoms with Crippen LogP contribution in [0.1, 0.15) is 113 Å². The number of nitrogens with one attached hydrogen (secondary N) is 4. The molecule has 0 saturated heterocycles. The minimum atomic E-state index is -1.26. The number of aryl methyl sites for hydroxylation is 1. The number of rotatable bonds is 23. The molecule has 0 bridgehead atoms. The number of unbranched alkanes of at least 4 members (excludes halogenated alkanes) is 1. The minimum absolute atomic E-state index is 0.0732. The van der Waals surface area contributed by atoms with Crippen LogP contribution in [0.2, 0.25) is 0 Å². The van der Waals surface area contributed by atoms with E-state index in [2.05, 4.69) is 33.4 Å². The Morgan fingerprint density at radius 1 is 0.551 bits per heavy atom. The second-order valence-electron chi connectivity index (χ2n) is 21.6. The van der Waals surface area contributed by atoms with Crippen molar-refractivity contribution >= 4 is 46.7 Å². The number of fused-ring (bicyclic) bond motifs is 4. The van der Waals surface area contributed by atoms with Crippen molar-refractivity contribution in [2.45, 2.75) is 135 Å². The van der Waals surface area contributed by atoms with Crippen molar-refractivity contribution in [3.63, 3.8) is 0 Å². The van der Waals surface area contributed by atoms with E-state index in [1.54, 1.807) is 65.8 Å². The molecule has 3 unspecified atom stereocenters. The van der Waals surface area contributed by atoms with Crippen molar-refractivity contribution in [3.05, 3.63) is 173 Å². The molecule has 0 radical (unpaired) electrons. The minimum Gasteiger partial charge on any atom is -0.489 e. The van der Waals surface area contributed by atoms with Crippen LogP contribution in [-0.4, -0.2) is 78.4 Å². The Balaban J connectivity index is 0.990. The van der Waals surface area contributed by atoms with E-state index < -0.39 is 65.3 Å². The number of carbonyl (C=O) groups excluding carboxylic acids is 6. The van der Waals surface area contributed by atoms with Crippen molar-refractivity contribution in [2.24, 2.45) is 0 Å². The topological polar surface area (TPSA) is 197 Å². The summed E-state index contributed by atoms with van der Waals surface area (Å²) < 4.78 is 28.6. The Kier molecular flexibility index (Phi) is 19.7. The zero-order valence-electron chi connectivity index (χ0n) is 45.7. The summed E-state index contributed by atoms with van der Waals surface area (Å²) in [7, 11) is 0. The lowest BCUT2D eigenvalue weighted by atomic mass is 9.98. The number of urea groups is 1. The highest BCUT2D eigenvalue weighted by molar-refractivity contribution is 5.89. The fraction of sp³-hybridized carbons (Fsp3) is 0.365. The van der Waals surface area contributed by atoms with Crippen molar-refractivity contribution < 1.29 is 52.5 Å². The monoisotopic (exact) mass is 1060 g/mol. The summed E-state index contributed by atoms with van der Waals surface area (Å²) in [5, 5.41) is 13.1. The highest BCUT2D eigenvalue weighted by atomic mass is 16.6. The fourth-order valence-corrected chi connectivity index (χ4v) is 9.07. The van der Waals surface area contributed by atoms with Crippen LogP contribution in [0.15, 0.2) is 140 Å². The average molecular weight is 1060 g/mol. The maximum Gasteiger partial charge on any atom is 0.407 e. The number of hydrogen-bond acceptors (Lipinski definition) is 11. The van der Waals surface area contributed by atoms with Gasteiger partial charge in [0.05, 0.1) is 0 Å². The number of esters is 3. The highest BCUT2D eigenvalue weighted by Crippen LogP contribution is 2.44. The second-order valence-corrected chi connectivity index (χ2v) is 21.6. The van der Waals surface area contributed by atoms with Crippen molar-refractivity contribution in [2.75, 3.05) is 13.2 Å². The molecule has 4 amide bonds. The molecule has 0 saturated carbocycles. The molecular formula is C63H72N4O11. The highest BCUT2D eigenvalue weighted by Gasteiger charge is 2.32. The van der Waals surface area contributed by atoms with Crippen LogP contribution in [0.25, 0.3) is 21.9 Å². The molecule has 0 aromatic heterocycles. The molecular weight excluding hydrogens is 989 g/mol. The number of carbonyl (C=O) groups is 6. The van der Waals surface area contributed by atoms with E-state index in [1.165, 1.54) is 0 Å². The summed E-state index contributed by atoms with van der Waals surface area (Å²) in [5.41, 5.74) is 6.33. The molecule has 15 nitrogen and oxygen atoms in total. The molecule has 6 aromatic rings.